The minimum atomic E-state index is -0.131. The van der Waals surface area contributed by atoms with Crippen molar-refractivity contribution in [3.8, 4) is 11.5 Å². The van der Waals surface area contributed by atoms with Crippen molar-refractivity contribution in [2.45, 2.75) is 19.3 Å². The number of carbonyl (C=O) groups is 1. The van der Waals surface area contributed by atoms with Gasteiger partial charge in [-0.25, -0.2) is 4.98 Å². The zero-order chi connectivity index (χ0) is 17.9. The van der Waals surface area contributed by atoms with E-state index >= 15 is 0 Å². The van der Waals surface area contributed by atoms with Crippen LogP contribution < -0.4 is 19.7 Å². The normalized spacial score (nSPS) is 15.8. The number of rotatable bonds is 4. The summed E-state index contributed by atoms with van der Waals surface area (Å²) in [6, 6.07) is 7.37. The molecule has 1 saturated heterocycles. The highest BCUT2D eigenvalue weighted by molar-refractivity contribution is 6.32. The predicted molar refractivity (Wildman–Crippen MR) is 100 cm³/mol. The smallest absolute Gasteiger partial charge is 0.228 e. The number of hydrogen-bond acceptors (Lipinski definition) is 5. The molecule has 6 nitrogen and oxygen atoms in total. The van der Waals surface area contributed by atoms with E-state index in [2.05, 4.69) is 15.2 Å². The fourth-order valence-corrected chi connectivity index (χ4v) is 3.54. The summed E-state index contributed by atoms with van der Waals surface area (Å²) in [5, 5.41) is 3.33. The minimum Gasteiger partial charge on any atom is -0.486 e. The van der Waals surface area contributed by atoms with Gasteiger partial charge in [0.2, 0.25) is 5.91 Å². The molecule has 26 heavy (non-hydrogen) atoms. The Morgan fingerprint density at radius 1 is 1.19 bits per heavy atom. The predicted octanol–water partition coefficient (Wildman–Crippen LogP) is 3.29. The van der Waals surface area contributed by atoms with E-state index < -0.39 is 0 Å². The number of aromatic nitrogens is 1. The van der Waals surface area contributed by atoms with Crippen LogP contribution in [0.5, 0.6) is 11.5 Å². The molecule has 0 spiro atoms. The molecule has 0 bridgehead atoms. The zero-order valence-electron chi connectivity index (χ0n) is 14.3. The molecule has 2 aliphatic rings. The van der Waals surface area contributed by atoms with Crippen LogP contribution in [0.2, 0.25) is 5.02 Å². The summed E-state index contributed by atoms with van der Waals surface area (Å²) in [5.74, 6) is 1.96. The van der Waals surface area contributed by atoms with Crippen LogP contribution in [0.3, 0.4) is 0 Å². The summed E-state index contributed by atoms with van der Waals surface area (Å²) in [5.41, 5.74) is 1.46. The highest BCUT2D eigenvalue weighted by atomic mass is 35.5. The molecule has 1 amide bonds. The van der Waals surface area contributed by atoms with Crippen molar-refractivity contribution >= 4 is 29.0 Å². The molecular weight excluding hydrogens is 354 g/mol. The Kier molecular flexibility index (Phi) is 4.84. The van der Waals surface area contributed by atoms with Crippen LogP contribution in [0, 0.1) is 0 Å². The molecule has 2 aliphatic heterocycles. The first kappa shape index (κ1) is 17.0. The first-order valence-electron chi connectivity index (χ1n) is 8.78. The number of nitrogens with zero attached hydrogens (tertiary/aromatic N) is 2. The molecular formula is C19H20ClN3O3. The lowest BCUT2D eigenvalue weighted by atomic mass is 10.1. The quantitative estimate of drug-likeness (QED) is 0.891. The van der Waals surface area contributed by atoms with Crippen LogP contribution in [-0.4, -0.2) is 37.2 Å². The van der Waals surface area contributed by atoms with Gasteiger partial charge in [0, 0.05) is 13.1 Å². The maximum absolute atomic E-state index is 12.3. The SMILES string of the molecule is O=C(Cc1cc(Cl)c2c(c1)OCCO2)Nc1ccc(N2CCCC2)nc1. The number of halogens is 1. The number of pyridine rings is 1. The van der Waals surface area contributed by atoms with Crippen LogP contribution in [-0.2, 0) is 11.2 Å². The molecule has 1 aromatic carbocycles. The number of anilines is 2. The molecule has 0 saturated carbocycles. The highest BCUT2D eigenvalue weighted by Crippen LogP contribution is 2.38. The van der Waals surface area contributed by atoms with Crippen molar-refractivity contribution in [1.82, 2.24) is 4.98 Å². The van der Waals surface area contributed by atoms with Crippen molar-refractivity contribution < 1.29 is 14.3 Å². The fourth-order valence-electron chi connectivity index (χ4n) is 3.25. The molecule has 2 aromatic rings. The van der Waals surface area contributed by atoms with Gasteiger partial charge in [-0.15, -0.1) is 0 Å². The van der Waals surface area contributed by atoms with Crippen LogP contribution >= 0.6 is 11.6 Å². The van der Waals surface area contributed by atoms with E-state index in [1.165, 1.54) is 12.8 Å². The van der Waals surface area contributed by atoms with E-state index in [4.69, 9.17) is 21.1 Å². The summed E-state index contributed by atoms with van der Waals surface area (Å²) >= 11 is 6.22. The van der Waals surface area contributed by atoms with Gasteiger partial charge in [0.1, 0.15) is 19.0 Å². The largest absolute Gasteiger partial charge is 0.486 e. The number of amides is 1. The number of ether oxygens (including phenoxy) is 2. The van der Waals surface area contributed by atoms with E-state index in [-0.39, 0.29) is 12.3 Å². The van der Waals surface area contributed by atoms with Crippen molar-refractivity contribution in [1.29, 1.82) is 0 Å². The molecule has 0 atom stereocenters. The molecule has 0 unspecified atom stereocenters. The molecule has 4 rings (SSSR count). The lowest BCUT2D eigenvalue weighted by Crippen LogP contribution is -2.19. The Balaban J connectivity index is 1.40. The van der Waals surface area contributed by atoms with Crippen molar-refractivity contribution in [2.24, 2.45) is 0 Å². The fraction of sp³-hybridized carbons (Fsp3) is 0.368. The Morgan fingerprint density at radius 2 is 2.00 bits per heavy atom. The third-order valence-corrected chi connectivity index (χ3v) is 4.76. The van der Waals surface area contributed by atoms with E-state index in [1.807, 2.05) is 12.1 Å². The third kappa shape index (κ3) is 3.70. The zero-order valence-corrected chi connectivity index (χ0v) is 15.1. The monoisotopic (exact) mass is 373 g/mol. The van der Waals surface area contributed by atoms with Crippen LogP contribution in [0.15, 0.2) is 30.5 Å². The van der Waals surface area contributed by atoms with E-state index in [1.54, 1.807) is 18.3 Å². The topological polar surface area (TPSA) is 63.7 Å². The molecule has 136 valence electrons. The van der Waals surface area contributed by atoms with Gasteiger partial charge in [0.15, 0.2) is 11.5 Å². The van der Waals surface area contributed by atoms with Gasteiger partial charge in [0.25, 0.3) is 0 Å². The molecule has 0 radical (unpaired) electrons. The molecule has 1 aromatic heterocycles. The maximum Gasteiger partial charge on any atom is 0.228 e. The summed E-state index contributed by atoms with van der Waals surface area (Å²) in [7, 11) is 0. The maximum atomic E-state index is 12.3. The highest BCUT2D eigenvalue weighted by Gasteiger charge is 2.18. The van der Waals surface area contributed by atoms with E-state index in [9.17, 15) is 4.79 Å². The number of benzene rings is 1. The van der Waals surface area contributed by atoms with E-state index in [0.717, 1.165) is 24.5 Å². The lowest BCUT2D eigenvalue weighted by molar-refractivity contribution is -0.115. The van der Waals surface area contributed by atoms with Gasteiger partial charge >= 0.3 is 0 Å². The average Bonchev–Trinajstić information content (AvgIpc) is 3.17. The number of hydrogen-bond donors (Lipinski definition) is 1. The van der Waals surface area contributed by atoms with Gasteiger partial charge in [-0.05, 0) is 42.7 Å². The number of fused-ring (bicyclic) bond motifs is 1. The van der Waals surface area contributed by atoms with Gasteiger partial charge in [-0.1, -0.05) is 11.6 Å². The average molecular weight is 374 g/mol. The Bertz CT molecular complexity index is 804. The van der Waals surface area contributed by atoms with Crippen molar-refractivity contribution in [3.63, 3.8) is 0 Å². The van der Waals surface area contributed by atoms with Crippen LogP contribution in [0.1, 0.15) is 18.4 Å². The number of carbonyl (C=O) groups excluding carboxylic acids is 1. The molecule has 3 heterocycles. The second kappa shape index (κ2) is 7.41. The number of nitrogens with one attached hydrogen (secondary N) is 1. The van der Waals surface area contributed by atoms with Gasteiger partial charge < -0.3 is 19.7 Å². The minimum absolute atomic E-state index is 0.131. The molecule has 1 N–H and O–H groups in total. The van der Waals surface area contributed by atoms with Crippen LogP contribution in [0.4, 0.5) is 11.5 Å². The summed E-state index contributed by atoms with van der Waals surface area (Å²) in [6.07, 6.45) is 4.31. The summed E-state index contributed by atoms with van der Waals surface area (Å²) in [4.78, 5) is 19.0. The van der Waals surface area contributed by atoms with Gasteiger partial charge in [-0.2, -0.15) is 0 Å². The van der Waals surface area contributed by atoms with Crippen molar-refractivity contribution in [2.75, 3.05) is 36.5 Å². The summed E-state index contributed by atoms with van der Waals surface area (Å²) in [6.45, 7) is 3.05. The molecule has 1 fully saturated rings. The first-order chi connectivity index (χ1) is 12.7. The lowest BCUT2D eigenvalue weighted by Gasteiger charge is -2.20. The van der Waals surface area contributed by atoms with Gasteiger partial charge in [0.05, 0.1) is 23.3 Å². The second-order valence-electron chi connectivity index (χ2n) is 6.43. The molecule has 7 heteroatoms. The first-order valence-corrected chi connectivity index (χ1v) is 9.16. The Hall–Kier alpha value is -2.47. The summed E-state index contributed by atoms with van der Waals surface area (Å²) < 4.78 is 11.0. The Labute approximate surface area is 157 Å². The Morgan fingerprint density at radius 3 is 2.77 bits per heavy atom. The molecule has 0 aliphatic carbocycles. The van der Waals surface area contributed by atoms with Crippen LogP contribution in [0.25, 0.3) is 0 Å². The van der Waals surface area contributed by atoms with Gasteiger partial charge in [-0.3, -0.25) is 4.79 Å². The standard InChI is InChI=1S/C19H20ClN3O3/c20-15-9-13(10-16-19(15)26-8-7-25-16)11-18(24)22-14-3-4-17(21-12-14)23-5-1-2-6-23/h3-4,9-10,12H,1-2,5-8,11H2,(H,22,24). The van der Waals surface area contributed by atoms with E-state index in [0.29, 0.717) is 35.4 Å². The van der Waals surface area contributed by atoms with Crippen molar-refractivity contribution in [3.05, 3.63) is 41.0 Å². The second-order valence-corrected chi connectivity index (χ2v) is 6.83. The third-order valence-electron chi connectivity index (χ3n) is 4.48.